The number of amides is 2. The molecule has 150 valence electrons. The van der Waals surface area contributed by atoms with E-state index in [1.165, 1.54) is 13.2 Å². The van der Waals surface area contributed by atoms with Gasteiger partial charge in [0.25, 0.3) is 0 Å². The molecule has 0 heterocycles. The van der Waals surface area contributed by atoms with Crippen LogP contribution in [0.15, 0.2) is 48.5 Å². The van der Waals surface area contributed by atoms with Gasteiger partial charge in [0.15, 0.2) is 23.9 Å². The molecule has 0 unspecified atom stereocenters. The molecule has 0 aliphatic heterocycles. The lowest BCUT2D eigenvalue weighted by Gasteiger charge is -2.10. The summed E-state index contributed by atoms with van der Waals surface area (Å²) in [4.78, 5) is 24.1. The second kappa shape index (κ2) is 10.5. The number of methoxy groups -OCH3 is 1. The summed E-state index contributed by atoms with van der Waals surface area (Å²) in [6.45, 7) is 3.67. The van der Waals surface area contributed by atoms with Crippen LogP contribution >= 0.6 is 0 Å². The summed E-state index contributed by atoms with van der Waals surface area (Å²) in [5, 5.41) is 14.0. The number of nitriles is 1. The molecule has 0 fully saturated rings. The molecule has 0 saturated carbocycles. The summed E-state index contributed by atoms with van der Waals surface area (Å²) >= 11 is 0. The van der Waals surface area contributed by atoms with Crippen molar-refractivity contribution in [2.24, 2.45) is 0 Å². The minimum absolute atomic E-state index is 0.0339. The number of urea groups is 1. The number of carbonyl (C=O) groups is 2. The van der Waals surface area contributed by atoms with Crippen molar-refractivity contribution in [3.63, 3.8) is 0 Å². The van der Waals surface area contributed by atoms with Gasteiger partial charge in [-0.3, -0.25) is 4.79 Å². The number of nitrogens with zero attached hydrogens (tertiary/aromatic N) is 1. The second-order valence-corrected chi connectivity index (χ2v) is 6.39. The van der Waals surface area contributed by atoms with Gasteiger partial charge in [0.1, 0.15) is 6.07 Å². The number of nitrogens with one attached hydrogen (secondary N) is 2. The molecule has 7 heteroatoms. The second-order valence-electron chi connectivity index (χ2n) is 6.39. The lowest BCUT2D eigenvalue weighted by molar-refractivity contribution is 0.104. The van der Waals surface area contributed by atoms with E-state index >= 15 is 0 Å². The molecule has 7 nitrogen and oxygen atoms in total. The van der Waals surface area contributed by atoms with Gasteiger partial charge < -0.3 is 20.1 Å². The molecule has 0 aliphatic rings. The number of hydrogen-bond donors (Lipinski definition) is 2. The SMILES string of the molecule is COc1cc(/C=C/C(=O)c2ccc(NC(=O)NC(C)C)cc2)ccc1OCC#N. The van der Waals surface area contributed by atoms with E-state index in [9.17, 15) is 9.59 Å². The van der Waals surface area contributed by atoms with Crippen LogP contribution in [0.25, 0.3) is 6.08 Å². The molecule has 2 N–H and O–H groups in total. The van der Waals surface area contributed by atoms with Crippen LogP contribution in [-0.2, 0) is 0 Å². The van der Waals surface area contributed by atoms with Crippen LogP contribution in [0, 0.1) is 11.3 Å². The minimum Gasteiger partial charge on any atom is -0.493 e. The molecule has 0 radical (unpaired) electrons. The van der Waals surface area contributed by atoms with Crippen molar-refractivity contribution < 1.29 is 19.1 Å². The summed E-state index contributed by atoms with van der Waals surface area (Å²) in [5.41, 5.74) is 1.85. The van der Waals surface area contributed by atoms with Crippen molar-refractivity contribution in [2.75, 3.05) is 19.0 Å². The summed E-state index contributed by atoms with van der Waals surface area (Å²) in [6, 6.07) is 13.4. The van der Waals surface area contributed by atoms with Crippen LogP contribution in [0.2, 0.25) is 0 Å². The average Bonchev–Trinajstić information content (AvgIpc) is 2.70. The number of benzene rings is 2. The first-order chi connectivity index (χ1) is 13.9. The Hall–Kier alpha value is -3.79. The maximum Gasteiger partial charge on any atom is 0.319 e. The Morgan fingerprint density at radius 1 is 1.14 bits per heavy atom. The van der Waals surface area contributed by atoms with Crippen molar-refractivity contribution in [1.29, 1.82) is 5.26 Å². The standard InChI is InChI=1S/C22H23N3O4/c1-15(2)24-22(27)25-18-8-6-17(7-9-18)19(26)10-4-16-5-11-20(29-13-12-23)21(14-16)28-3/h4-11,14-15H,13H2,1-3H3,(H2,24,25,27)/b10-4+. The molecule has 2 rings (SSSR count). The van der Waals surface area contributed by atoms with E-state index in [4.69, 9.17) is 14.7 Å². The molecule has 0 aliphatic carbocycles. The number of ether oxygens (including phenoxy) is 2. The molecule has 0 saturated heterocycles. The molecular formula is C22H23N3O4. The van der Waals surface area contributed by atoms with Gasteiger partial charge in [0.05, 0.1) is 7.11 Å². The topological polar surface area (TPSA) is 100 Å². The smallest absolute Gasteiger partial charge is 0.319 e. The van der Waals surface area contributed by atoms with Gasteiger partial charge in [-0.05, 0) is 61.9 Å². The largest absolute Gasteiger partial charge is 0.493 e. The van der Waals surface area contributed by atoms with E-state index < -0.39 is 0 Å². The first-order valence-corrected chi connectivity index (χ1v) is 9.00. The van der Waals surface area contributed by atoms with Gasteiger partial charge in [-0.25, -0.2) is 4.79 Å². The number of ketones is 1. The van der Waals surface area contributed by atoms with Gasteiger partial charge >= 0.3 is 6.03 Å². The van der Waals surface area contributed by atoms with E-state index in [1.807, 2.05) is 19.9 Å². The maximum atomic E-state index is 12.4. The van der Waals surface area contributed by atoms with E-state index in [2.05, 4.69) is 10.6 Å². The zero-order chi connectivity index (χ0) is 21.2. The third kappa shape index (κ3) is 6.70. The van der Waals surface area contributed by atoms with Crippen molar-refractivity contribution in [3.8, 4) is 17.6 Å². The van der Waals surface area contributed by atoms with Crippen LogP contribution in [0.1, 0.15) is 29.8 Å². The lowest BCUT2D eigenvalue weighted by atomic mass is 10.1. The molecule has 2 aromatic rings. The lowest BCUT2D eigenvalue weighted by Crippen LogP contribution is -2.34. The highest BCUT2D eigenvalue weighted by Crippen LogP contribution is 2.28. The minimum atomic E-state index is -0.296. The van der Waals surface area contributed by atoms with Crippen LogP contribution in [0.4, 0.5) is 10.5 Å². The quantitative estimate of drug-likeness (QED) is 0.521. The van der Waals surface area contributed by atoms with E-state index in [0.717, 1.165) is 5.56 Å². The zero-order valence-electron chi connectivity index (χ0n) is 16.6. The Kier molecular flexibility index (Phi) is 7.80. The van der Waals surface area contributed by atoms with E-state index in [0.29, 0.717) is 22.7 Å². The molecule has 0 spiro atoms. The Morgan fingerprint density at radius 3 is 2.48 bits per heavy atom. The van der Waals surface area contributed by atoms with Crippen molar-refractivity contribution >= 4 is 23.6 Å². The highest BCUT2D eigenvalue weighted by atomic mass is 16.5. The third-order valence-corrected chi connectivity index (χ3v) is 3.75. The molecule has 0 bridgehead atoms. The van der Waals surface area contributed by atoms with Crippen molar-refractivity contribution in [3.05, 3.63) is 59.7 Å². The molecular weight excluding hydrogens is 370 g/mol. The Labute approximate surface area is 169 Å². The van der Waals surface area contributed by atoms with Gasteiger partial charge in [0, 0.05) is 17.3 Å². The van der Waals surface area contributed by atoms with Crippen LogP contribution in [-0.4, -0.2) is 31.6 Å². The third-order valence-electron chi connectivity index (χ3n) is 3.75. The van der Waals surface area contributed by atoms with Gasteiger partial charge in [0.2, 0.25) is 0 Å². The number of rotatable bonds is 8. The van der Waals surface area contributed by atoms with Crippen molar-refractivity contribution in [2.45, 2.75) is 19.9 Å². The first-order valence-electron chi connectivity index (χ1n) is 9.00. The average molecular weight is 393 g/mol. The fourth-order valence-corrected chi connectivity index (χ4v) is 2.43. The first kappa shape index (κ1) is 21.5. The number of allylic oxidation sites excluding steroid dienone is 1. The molecule has 0 atom stereocenters. The Morgan fingerprint density at radius 2 is 1.86 bits per heavy atom. The molecule has 29 heavy (non-hydrogen) atoms. The highest BCUT2D eigenvalue weighted by molar-refractivity contribution is 6.07. The van der Waals surface area contributed by atoms with Crippen LogP contribution in [0.5, 0.6) is 11.5 Å². The molecule has 0 aromatic heterocycles. The predicted octanol–water partition coefficient (Wildman–Crippen LogP) is 4.02. The number of anilines is 1. The number of hydrogen-bond acceptors (Lipinski definition) is 5. The summed E-state index contributed by atoms with van der Waals surface area (Å²) in [6.07, 6.45) is 3.12. The zero-order valence-corrected chi connectivity index (χ0v) is 16.6. The van der Waals surface area contributed by atoms with E-state index in [1.54, 1.807) is 48.5 Å². The van der Waals surface area contributed by atoms with Crippen LogP contribution in [0.3, 0.4) is 0 Å². The summed E-state index contributed by atoms with van der Waals surface area (Å²) in [5.74, 6) is 0.763. The van der Waals surface area contributed by atoms with E-state index in [-0.39, 0.29) is 24.5 Å². The van der Waals surface area contributed by atoms with Gasteiger partial charge in [-0.15, -0.1) is 0 Å². The fraction of sp³-hybridized carbons (Fsp3) is 0.227. The van der Waals surface area contributed by atoms with Gasteiger partial charge in [-0.2, -0.15) is 5.26 Å². The fourth-order valence-electron chi connectivity index (χ4n) is 2.43. The summed E-state index contributed by atoms with van der Waals surface area (Å²) in [7, 11) is 1.50. The normalized spacial score (nSPS) is 10.4. The monoisotopic (exact) mass is 393 g/mol. The molecule has 2 aromatic carbocycles. The maximum absolute atomic E-state index is 12.4. The van der Waals surface area contributed by atoms with Crippen LogP contribution < -0.4 is 20.1 Å². The highest BCUT2D eigenvalue weighted by Gasteiger charge is 2.07. The predicted molar refractivity (Wildman–Crippen MR) is 111 cm³/mol. The number of carbonyl (C=O) groups excluding carboxylic acids is 2. The molecule has 2 amide bonds. The van der Waals surface area contributed by atoms with Crippen molar-refractivity contribution in [1.82, 2.24) is 5.32 Å². The van der Waals surface area contributed by atoms with Gasteiger partial charge in [-0.1, -0.05) is 12.1 Å². The Bertz CT molecular complexity index is 928. The summed E-state index contributed by atoms with van der Waals surface area (Å²) < 4.78 is 10.5. The Balaban J connectivity index is 2.03.